The van der Waals surface area contributed by atoms with E-state index in [1.54, 1.807) is 6.07 Å². The summed E-state index contributed by atoms with van der Waals surface area (Å²) >= 11 is 0. The summed E-state index contributed by atoms with van der Waals surface area (Å²) in [7, 11) is 2.09. The fraction of sp³-hybridized carbons (Fsp3) is 0.571. The van der Waals surface area contributed by atoms with Crippen LogP contribution in [0.25, 0.3) is 0 Å². The highest BCUT2D eigenvalue weighted by Gasteiger charge is 2.27. The number of carbonyl (C=O) groups excluding carboxylic acids is 1. The molecule has 2 heterocycles. The average Bonchev–Trinajstić information content (AvgIpc) is 2.39. The van der Waals surface area contributed by atoms with Gasteiger partial charge in [-0.3, -0.25) is 4.79 Å². The number of anilines is 1. The fourth-order valence-electron chi connectivity index (χ4n) is 2.42. The van der Waals surface area contributed by atoms with Crippen molar-refractivity contribution >= 4 is 11.7 Å². The number of piperazine rings is 1. The van der Waals surface area contributed by atoms with Crippen molar-refractivity contribution in [2.45, 2.75) is 19.9 Å². The molecule has 0 bridgehead atoms. The lowest BCUT2D eigenvalue weighted by Crippen LogP contribution is -2.52. The topological polar surface area (TPSA) is 48.5 Å². The lowest BCUT2D eigenvalue weighted by molar-refractivity contribution is 0.0528. The van der Waals surface area contributed by atoms with E-state index in [1.807, 2.05) is 24.0 Å². The third-order valence-corrected chi connectivity index (χ3v) is 3.42. The number of carbonyl (C=O) groups is 1. The van der Waals surface area contributed by atoms with Gasteiger partial charge in [-0.2, -0.15) is 0 Å². The van der Waals surface area contributed by atoms with Gasteiger partial charge in [0.1, 0.15) is 11.5 Å². The summed E-state index contributed by atoms with van der Waals surface area (Å²) in [6.07, 6.45) is 0. The zero-order valence-corrected chi connectivity index (χ0v) is 11.9. The zero-order chi connectivity index (χ0) is 13.8. The minimum Gasteiger partial charge on any atom is -0.370 e. The second-order valence-corrected chi connectivity index (χ2v) is 5.05. The molecule has 0 radical (unpaired) electrons. The molecular weight excluding hydrogens is 240 g/mol. The number of likely N-dealkylation sites (N-methyl/N-ethyl adjacent to an activating group) is 1. The third kappa shape index (κ3) is 3.23. The first-order valence-corrected chi connectivity index (χ1v) is 6.82. The lowest BCUT2D eigenvalue weighted by Gasteiger charge is -2.38. The molecule has 0 saturated carbocycles. The van der Waals surface area contributed by atoms with E-state index in [0.717, 1.165) is 32.0 Å². The highest BCUT2D eigenvalue weighted by Crippen LogP contribution is 2.13. The maximum atomic E-state index is 12.5. The Bertz CT molecular complexity index is 449. The molecule has 1 N–H and O–H groups in total. The van der Waals surface area contributed by atoms with Crippen molar-refractivity contribution in [3.05, 3.63) is 23.9 Å². The van der Waals surface area contributed by atoms with Crippen LogP contribution in [-0.2, 0) is 0 Å². The first kappa shape index (κ1) is 13.8. The molecule has 1 atom stereocenters. The number of pyridine rings is 1. The van der Waals surface area contributed by atoms with Crippen LogP contribution < -0.4 is 5.32 Å². The number of nitrogens with zero attached hydrogens (tertiary/aromatic N) is 3. The Labute approximate surface area is 114 Å². The van der Waals surface area contributed by atoms with Crippen LogP contribution in [0.3, 0.4) is 0 Å². The van der Waals surface area contributed by atoms with Gasteiger partial charge in [-0.15, -0.1) is 0 Å². The molecule has 0 spiro atoms. The second-order valence-electron chi connectivity index (χ2n) is 5.05. The van der Waals surface area contributed by atoms with E-state index in [-0.39, 0.29) is 11.9 Å². The van der Waals surface area contributed by atoms with Crippen LogP contribution in [0.1, 0.15) is 24.3 Å². The maximum absolute atomic E-state index is 12.5. The highest BCUT2D eigenvalue weighted by molar-refractivity contribution is 5.93. The molecule has 1 unspecified atom stereocenters. The van der Waals surface area contributed by atoms with Crippen LogP contribution in [0, 0.1) is 0 Å². The van der Waals surface area contributed by atoms with Crippen LogP contribution >= 0.6 is 0 Å². The summed E-state index contributed by atoms with van der Waals surface area (Å²) < 4.78 is 0. The van der Waals surface area contributed by atoms with Crippen molar-refractivity contribution in [1.29, 1.82) is 0 Å². The summed E-state index contributed by atoms with van der Waals surface area (Å²) in [5, 5.41) is 3.13. The number of aromatic nitrogens is 1. The molecule has 0 aromatic carbocycles. The van der Waals surface area contributed by atoms with Gasteiger partial charge in [-0.05, 0) is 33.0 Å². The van der Waals surface area contributed by atoms with Gasteiger partial charge in [0.05, 0.1) is 0 Å². The summed E-state index contributed by atoms with van der Waals surface area (Å²) in [5.74, 6) is 0.787. The van der Waals surface area contributed by atoms with Crippen molar-refractivity contribution in [1.82, 2.24) is 14.8 Å². The molecule has 1 fully saturated rings. The van der Waals surface area contributed by atoms with Crippen molar-refractivity contribution in [3.63, 3.8) is 0 Å². The summed E-state index contributed by atoms with van der Waals surface area (Å²) in [5.41, 5.74) is 0.523. The lowest BCUT2D eigenvalue weighted by atomic mass is 10.2. The van der Waals surface area contributed by atoms with Gasteiger partial charge in [-0.25, -0.2) is 4.98 Å². The summed E-state index contributed by atoms with van der Waals surface area (Å²) in [4.78, 5) is 21.0. The van der Waals surface area contributed by atoms with Crippen LogP contribution in [0.15, 0.2) is 18.2 Å². The largest absolute Gasteiger partial charge is 0.370 e. The van der Waals surface area contributed by atoms with Crippen LogP contribution in [-0.4, -0.2) is 60.0 Å². The number of nitrogens with one attached hydrogen (secondary N) is 1. The van der Waals surface area contributed by atoms with Crippen molar-refractivity contribution in [3.8, 4) is 0 Å². The molecule has 1 aliphatic rings. The summed E-state index contributed by atoms with van der Waals surface area (Å²) in [6.45, 7) is 7.50. The molecule has 1 amide bonds. The van der Waals surface area contributed by atoms with Crippen molar-refractivity contribution < 1.29 is 4.79 Å². The molecule has 2 rings (SSSR count). The Kier molecular flexibility index (Phi) is 4.37. The predicted octanol–water partition coefficient (Wildman–Crippen LogP) is 1.29. The van der Waals surface area contributed by atoms with Crippen LogP contribution in [0.4, 0.5) is 5.82 Å². The molecule has 0 aliphatic carbocycles. The van der Waals surface area contributed by atoms with Gasteiger partial charge in [-0.1, -0.05) is 6.07 Å². The fourth-order valence-corrected chi connectivity index (χ4v) is 2.42. The van der Waals surface area contributed by atoms with Gasteiger partial charge >= 0.3 is 0 Å². The second kappa shape index (κ2) is 6.02. The van der Waals surface area contributed by atoms with E-state index in [4.69, 9.17) is 0 Å². The van der Waals surface area contributed by atoms with E-state index in [9.17, 15) is 4.79 Å². The Balaban J connectivity index is 2.12. The number of rotatable bonds is 3. The first-order valence-electron chi connectivity index (χ1n) is 6.82. The first-order chi connectivity index (χ1) is 9.11. The monoisotopic (exact) mass is 262 g/mol. The maximum Gasteiger partial charge on any atom is 0.272 e. The third-order valence-electron chi connectivity index (χ3n) is 3.42. The molecule has 1 saturated heterocycles. The van der Waals surface area contributed by atoms with Gasteiger partial charge in [0, 0.05) is 32.2 Å². The molecule has 1 aromatic heterocycles. The number of hydrogen-bond donors (Lipinski definition) is 1. The number of hydrogen-bond acceptors (Lipinski definition) is 4. The average molecular weight is 262 g/mol. The summed E-state index contributed by atoms with van der Waals surface area (Å²) in [6, 6.07) is 5.77. The zero-order valence-electron chi connectivity index (χ0n) is 11.9. The Morgan fingerprint density at radius 1 is 1.47 bits per heavy atom. The molecule has 5 heteroatoms. The van der Waals surface area contributed by atoms with Gasteiger partial charge in [0.2, 0.25) is 0 Å². The van der Waals surface area contributed by atoms with Crippen LogP contribution in [0.5, 0.6) is 0 Å². The van der Waals surface area contributed by atoms with E-state index in [2.05, 4.69) is 29.2 Å². The van der Waals surface area contributed by atoms with E-state index >= 15 is 0 Å². The quantitative estimate of drug-likeness (QED) is 0.891. The Morgan fingerprint density at radius 3 is 2.95 bits per heavy atom. The van der Waals surface area contributed by atoms with E-state index < -0.39 is 0 Å². The van der Waals surface area contributed by atoms with Crippen LogP contribution in [0.2, 0.25) is 0 Å². The Morgan fingerprint density at radius 2 is 2.26 bits per heavy atom. The SMILES string of the molecule is CCNc1cccc(C(=O)N2CCN(C)CC2C)n1. The van der Waals surface area contributed by atoms with Gasteiger partial charge < -0.3 is 15.1 Å². The smallest absolute Gasteiger partial charge is 0.272 e. The normalized spacial score (nSPS) is 20.4. The van der Waals surface area contributed by atoms with Gasteiger partial charge in [0.15, 0.2) is 0 Å². The molecule has 104 valence electrons. The van der Waals surface area contributed by atoms with E-state index in [0.29, 0.717) is 5.69 Å². The molecule has 1 aliphatic heterocycles. The molecule has 1 aromatic rings. The Hall–Kier alpha value is -1.62. The van der Waals surface area contributed by atoms with Gasteiger partial charge in [0.25, 0.3) is 5.91 Å². The highest BCUT2D eigenvalue weighted by atomic mass is 16.2. The standard InChI is InChI=1S/C14H22N4O/c1-4-15-13-7-5-6-12(16-13)14(19)18-9-8-17(3)10-11(18)2/h5-7,11H,4,8-10H2,1-3H3,(H,15,16). The van der Waals surface area contributed by atoms with Crippen molar-refractivity contribution in [2.24, 2.45) is 0 Å². The molecule has 5 nitrogen and oxygen atoms in total. The predicted molar refractivity (Wildman–Crippen MR) is 76.4 cm³/mol. The minimum atomic E-state index is 0.0281. The number of amides is 1. The van der Waals surface area contributed by atoms with E-state index in [1.165, 1.54) is 0 Å². The molecule has 19 heavy (non-hydrogen) atoms. The molecular formula is C14H22N4O. The minimum absolute atomic E-state index is 0.0281. The van der Waals surface area contributed by atoms with Crippen molar-refractivity contribution in [2.75, 3.05) is 38.5 Å².